The van der Waals surface area contributed by atoms with Gasteiger partial charge in [0.15, 0.2) is 5.78 Å². The van der Waals surface area contributed by atoms with Gasteiger partial charge in [-0.1, -0.05) is 0 Å². The van der Waals surface area contributed by atoms with Gasteiger partial charge in [0, 0.05) is 11.3 Å². The molecule has 0 atom stereocenters. The number of aryl methyl sites for hydroxylation is 1. The van der Waals surface area contributed by atoms with Gasteiger partial charge in [0.25, 0.3) is 0 Å². The number of thioether (sulfide) groups is 1. The Balaban J connectivity index is 3.09. The van der Waals surface area contributed by atoms with Gasteiger partial charge >= 0.3 is 5.97 Å². The Kier molecular flexibility index (Phi) is 4.81. The van der Waals surface area contributed by atoms with Crippen LogP contribution in [0.25, 0.3) is 0 Å². The van der Waals surface area contributed by atoms with Crippen molar-refractivity contribution >= 4 is 23.5 Å². The van der Waals surface area contributed by atoms with E-state index in [0.717, 1.165) is 5.69 Å². The lowest BCUT2D eigenvalue weighted by Gasteiger charge is -2.01. The molecule has 0 fully saturated rings. The van der Waals surface area contributed by atoms with E-state index in [-0.39, 0.29) is 5.78 Å². The van der Waals surface area contributed by atoms with Crippen LogP contribution >= 0.6 is 11.8 Å². The molecule has 0 aromatic carbocycles. The van der Waals surface area contributed by atoms with E-state index in [1.54, 1.807) is 20.8 Å². The predicted molar refractivity (Wildman–Crippen MR) is 68.9 cm³/mol. The number of Topliss-reactive ketones (excluding diaryl/α,β-unsaturated/α-hetero) is 1. The van der Waals surface area contributed by atoms with E-state index >= 15 is 0 Å². The zero-order valence-corrected chi connectivity index (χ0v) is 11.4. The molecule has 0 saturated carbocycles. The van der Waals surface area contributed by atoms with Crippen molar-refractivity contribution in [3.8, 4) is 0 Å². The van der Waals surface area contributed by atoms with Gasteiger partial charge in [-0.15, -0.1) is 0 Å². The monoisotopic (exact) mass is 255 g/mol. The molecule has 0 spiro atoms. The summed E-state index contributed by atoms with van der Waals surface area (Å²) in [7, 11) is 0. The van der Waals surface area contributed by atoms with E-state index in [9.17, 15) is 9.59 Å². The highest BCUT2D eigenvalue weighted by Crippen LogP contribution is 2.20. The third-order valence-electron chi connectivity index (χ3n) is 2.47. The molecule has 0 saturated heterocycles. The number of hydrogen-bond acceptors (Lipinski definition) is 4. The quantitative estimate of drug-likeness (QED) is 0.648. The lowest BCUT2D eigenvalue weighted by Crippen LogP contribution is -2.08. The Bertz CT molecular complexity index is 437. The minimum Gasteiger partial charge on any atom is -0.461 e. The van der Waals surface area contributed by atoms with Crippen LogP contribution in [-0.2, 0) is 4.74 Å². The van der Waals surface area contributed by atoms with Crippen LogP contribution in [0.3, 0.4) is 0 Å². The maximum atomic E-state index is 11.9. The maximum Gasteiger partial charge on any atom is 0.355 e. The molecule has 0 radical (unpaired) electrons. The fourth-order valence-electron chi connectivity index (χ4n) is 1.78. The molecule has 1 rings (SSSR count). The van der Waals surface area contributed by atoms with Gasteiger partial charge in [0.05, 0.1) is 12.4 Å². The molecule has 1 aromatic heterocycles. The number of ketones is 1. The summed E-state index contributed by atoms with van der Waals surface area (Å²) < 4.78 is 4.93. The lowest BCUT2D eigenvalue weighted by molar-refractivity contribution is 0.0519. The topological polar surface area (TPSA) is 59.2 Å². The summed E-state index contributed by atoms with van der Waals surface area (Å²) in [6.45, 7) is 5.64. The van der Waals surface area contributed by atoms with Crippen LogP contribution in [0.4, 0.5) is 0 Å². The summed E-state index contributed by atoms with van der Waals surface area (Å²) in [5, 5.41) is 0. The van der Waals surface area contributed by atoms with E-state index in [1.165, 1.54) is 11.8 Å². The molecule has 1 aromatic rings. The number of aromatic amines is 1. The SMILES string of the molecule is CCOC(=O)c1[nH]c(C)c(C(=O)CSC)c1C. The number of esters is 1. The number of rotatable bonds is 5. The van der Waals surface area contributed by atoms with Crippen molar-refractivity contribution in [3.63, 3.8) is 0 Å². The fourth-order valence-corrected chi connectivity index (χ4v) is 2.19. The van der Waals surface area contributed by atoms with Gasteiger partial charge < -0.3 is 9.72 Å². The van der Waals surface area contributed by atoms with Crippen molar-refractivity contribution in [2.75, 3.05) is 18.6 Å². The highest BCUT2D eigenvalue weighted by atomic mass is 32.2. The lowest BCUT2D eigenvalue weighted by atomic mass is 10.1. The molecule has 94 valence electrons. The molecule has 5 heteroatoms. The smallest absolute Gasteiger partial charge is 0.355 e. The Morgan fingerprint density at radius 2 is 2.00 bits per heavy atom. The molecule has 0 aliphatic carbocycles. The zero-order chi connectivity index (χ0) is 13.0. The van der Waals surface area contributed by atoms with Gasteiger partial charge in [-0.2, -0.15) is 11.8 Å². The summed E-state index contributed by atoms with van der Waals surface area (Å²) >= 11 is 1.47. The number of hydrogen-bond donors (Lipinski definition) is 1. The second kappa shape index (κ2) is 5.91. The molecule has 0 amide bonds. The normalized spacial score (nSPS) is 10.4. The summed E-state index contributed by atoms with van der Waals surface area (Å²) in [4.78, 5) is 26.5. The molecule has 1 N–H and O–H groups in total. The third-order valence-corrected chi connectivity index (χ3v) is 3.02. The molecule has 1 heterocycles. The van der Waals surface area contributed by atoms with E-state index in [4.69, 9.17) is 4.74 Å². The van der Waals surface area contributed by atoms with Crippen LogP contribution in [0.15, 0.2) is 0 Å². The molecule has 0 unspecified atom stereocenters. The maximum absolute atomic E-state index is 11.9. The van der Waals surface area contributed by atoms with Gasteiger partial charge in [0.2, 0.25) is 0 Å². The number of ether oxygens (including phenoxy) is 1. The van der Waals surface area contributed by atoms with Crippen molar-refractivity contribution in [2.24, 2.45) is 0 Å². The van der Waals surface area contributed by atoms with Gasteiger partial charge in [-0.3, -0.25) is 4.79 Å². The van der Waals surface area contributed by atoms with Gasteiger partial charge in [0.1, 0.15) is 5.69 Å². The Hall–Kier alpha value is -1.23. The Morgan fingerprint density at radius 3 is 2.53 bits per heavy atom. The first-order valence-corrected chi connectivity index (χ1v) is 6.80. The average Bonchev–Trinajstić information content (AvgIpc) is 2.55. The Morgan fingerprint density at radius 1 is 1.35 bits per heavy atom. The molecule has 0 aliphatic heterocycles. The number of H-pyrrole nitrogens is 1. The summed E-state index contributed by atoms with van der Waals surface area (Å²) in [5.41, 5.74) is 2.40. The van der Waals surface area contributed by atoms with E-state index in [0.29, 0.717) is 29.2 Å². The Labute approximate surface area is 105 Å². The third kappa shape index (κ3) is 2.91. The van der Waals surface area contributed by atoms with Gasteiger partial charge in [-0.05, 0) is 32.6 Å². The van der Waals surface area contributed by atoms with Crippen molar-refractivity contribution in [2.45, 2.75) is 20.8 Å². The van der Waals surface area contributed by atoms with E-state index in [1.807, 2.05) is 6.26 Å². The molecule has 17 heavy (non-hydrogen) atoms. The van der Waals surface area contributed by atoms with Crippen LogP contribution < -0.4 is 0 Å². The molecular formula is C12H17NO3S. The summed E-state index contributed by atoms with van der Waals surface area (Å²) in [6, 6.07) is 0. The second-order valence-corrected chi connectivity index (χ2v) is 4.57. The summed E-state index contributed by atoms with van der Waals surface area (Å²) in [6.07, 6.45) is 1.88. The predicted octanol–water partition coefficient (Wildman–Crippen LogP) is 2.35. The standard InChI is InChI=1S/C12H17NO3S/c1-5-16-12(15)11-7(2)10(8(3)13-11)9(14)6-17-4/h13H,5-6H2,1-4H3. The first-order chi connectivity index (χ1) is 8.02. The second-order valence-electron chi connectivity index (χ2n) is 3.70. The van der Waals surface area contributed by atoms with E-state index < -0.39 is 5.97 Å². The van der Waals surface area contributed by atoms with Crippen LogP contribution in [0, 0.1) is 13.8 Å². The van der Waals surface area contributed by atoms with Gasteiger partial charge in [-0.25, -0.2) is 4.79 Å². The molecule has 0 aliphatic rings. The fraction of sp³-hybridized carbons (Fsp3) is 0.500. The molecular weight excluding hydrogens is 238 g/mol. The van der Waals surface area contributed by atoms with Crippen molar-refractivity contribution in [3.05, 3.63) is 22.5 Å². The van der Waals surface area contributed by atoms with E-state index in [2.05, 4.69) is 4.98 Å². The largest absolute Gasteiger partial charge is 0.461 e. The number of carbonyl (C=O) groups is 2. The minimum absolute atomic E-state index is 0.0410. The van der Waals surface area contributed by atoms with Crippen molar-refractivity contribution in [1.82, 2.24) is 4.98 Å². The van der Waals surface area contributed by atoms with Crippen LogP contribution in [0.5, 0.6) is 0 Å². The van der Waals surface area contributed by atoms with Crippen molar-refractivity contribution < 1.29 is 14.3 Å². The number of nitrogens with one attached hydrogen (secondary N) is 1. The first kappa shape index (κ1) is 13.8. The molecule has 0 bridgehead atoms. The van der Waals surface area contributed by atoms with Crippen molar-refractivity contribution in [1.29, 1.82) is 0 Å². The zero-order valence-electron chi connectivity index (χ0n) is 10.5. The number of carbonyl (C=O) groups excluding carboxylic acids is 2. The minimum atomic E-state index is -0.406. The number of aromatic nitrogens is 1. The summed E-state index contributed by atoms with van der Waals surface area (Å²) in [5.74, 6) is 0.0533. The van der Waals surface area contributed by atoms with Crippen LogP contribution in [-0.4, -0.2) is 35.4 Å². The first-order valence-electron chi connectivity index (χ1n) is 5.41. The highest BCUT2D eigenvalue weighted by Gasteiger charge is 2.21. The average molecular weight is 255 g/mol. The van der Waals surface area contributed by atoms with Crippen LogP contribution in [0.1, 0.15) is 39.0 Å². The molecule has 4 nitrogen and oxygen atoms in total. The van der Waals surface area contributed by atoms with Crippen LogP contribution in [0.2, 0.25) is 0 Å². The highest BCUT2D eigenvalue weighted by molar-refractivity contribution is 7.99.